The van der Waals surface area contributed by atoms with Crippen molar-refractivity contribution in [2.75, 3.05) is 24.2 Å². The SMILES string of the molecule is CSc1ccc(N2CC(C(=O)N3CCCC3(C)C(=O)O)CC2=O)cc1. The second kappa shape index (κ2) is 6.71. The molecule has 2 saturated heterocycles. The van der Waals surface area contributed by atoms with Gasteiger partial charge in [-0.1, -0.05) is 0 Å². The van der Waals surface area contributed by atoms with E-state index in [-0.39, 0.29) is 18.2 Å². The second-order valence-electron chi connectivity index (χ2n) is 6.78. The molecule has 0 saturated carbocycles. The van der Waals surface area contributed by atoms with Gasteiger partial charge in [0.25, 0.3) is 0 Å². The average Bonchev–Trinajstić information content (AvgIpc) is 3.18. The molecule has 1 N–H and O–H groups in total. The number of carboxylic acids is 1. The Morgan fingerprint density at radius 2 is 1.96 bits per heavy atom. The van der Waals surface area contributed by atoms with Gasteiger partial charge in [-0.15, -0.1) is 11.8 Å². The molecule has 2 aliphatic rings. The maximum atomic E-state index is 12.9. The first-order valence-corrected chi connectivity index (χ1v) is 9.58. The molecule has 0 radical (unpaired) electrons. The topological polar surface area (TPSA) is 77.9 Å². The number of aliphatic carboxylic acids is 1. The van der Waals surface area contributed by atoms with Crippen LogP contribution in [0.3, 0.4) is 0 Å². The first-order valence-electron chi connectivity index (χ1n) is 8.36. The Labute approximate surface area is 151 Å². The van der Waals surface area contributed by atoms with Crippen LogP contribution in [0.15, 0.2) is 29.2 Å². The van der Waals surface area contributed by atoms with Gasteiger partial charge in [0.05, 0.1) is 5.92 Å². The van der Waals surface area contributed by atoms with Crippen LogP contribution in [0.1, 0.15) is 26.2 Å². The Balaban J connectivity index is 1.75. The van der Waals surface area contributed by atoms with Crippen LogP contribution >= 0.6 is 11.8 Å². The van der Waals surface area contributed by atoms with Crippen LogP contribution < -0.4 is 4.90 Å². The molecule has 2 unspecified atom stereocenters. The van der Waals surface area contributed by atoms with Crippen molar-refractivity contribution in [3.63, 3.8) is 0 Å². The lowest BCUT2D eigenvalue weighted by atomic mass is 9.97. The monoisotopic (exact) mass is 362 g/mol. The van der Waals surface area contributed by atoms with E-state index < -0.39 is 17.4 Å². The summed E-state index contributed by atoms with van der Waals surface area (Å²) in [5, 5.41) is 9.49. The third-order valence-electron chi connectivity index (χ3n) is 5.23. The number of thioether (sulfide) groups is 1. The Kier molecular flexibility index (Phi) is 4.77. The molecule has 134 valence electrons. The molecule has 7 heteroatoms. The van der Waals surface area contributed by atoms with Crippen molar-refractivity contribution in [1.29, 1.82) is 0 Å². The Morgan fingerprint density at radius 3 is 2.56 bits per heavy atom. The zero-order valence-electron chi connectivity index (χ0n) is 14.4. The third kappa shape index (κ3) is 3.13. The molecule has 1 aromatic carbocycles. The fraction of sp³-hybridized carbons (Fsp3) is 0.500. The quantitative estimate of drug-likeness (QED) is 0.831. The van der Waals surface area contributed by atoms with Gasteiger partial charge in [-0.05, 0) is 50.3 Å². The molecule has 2 aliphatic heterocycles. The molecule has 25 heavy (non-hydrogen) atoms. The highest BCUT2D eigenvalue weighted by Gasteiger charge is 2.49. The minimum Gasteiger partial charge on any atom is -0.480 e. The fourth-order valence-electron chi connectivity index (χ4n) is 3.64. The predicted octanol–water partition coefficient (Wildman–Crippen LogP) is 2.23. The summed E-state index contributed by atoms with van der Waals surface area (Å²) in [7, 11) is 0. The van der Waals surface area contributed by atoms with Gasteiger partial charge >= 0.3 is 5.97 Å². The van der Waals surface area contributed by atoms with Crippen LogP contribution in [-0.2, 0) is 14.4 Å². The summed E-state index contributed by atoms with van der Waals surface area (Å²) in [5.41, 5.74) is -0.381. The van der Waals surface area contributed by atoms with Crippen molar-refractivity contribution in [3.8, 4) is 0 Å². The van der Waals surface area contributed by atoms with Crippen LogP contribution in [0.25, 0.3) is 0 Å². The van der Waals surface area contributed by atoms with Crippen LogP contribution in [0, 0.1) is 5.92 Å². The zero-order chi connectivity index (χ0) is 18.2. The second-order valence-corrected chi connectivity index (χ2v) is 7.66. The van der Waals surface area contributed by atoms with Crippen LogP contribution in [-0.4, -0.2) is 52.7 Å². The summed E-state index contributed by atoms with van der Waals surface area (Å²) in [6.07, 6.45) is 3.25. The summed E-state index contributed by atoms with van der Waals surface area (Å²) < 4.78 is 0. The van der Waals surface area contributed by atoms with Gasteiger partial charge in [-0.2, -0.15) is 0 Å². The first kappa shape index (κ1) is 17.8. The summed E-state index contributed by atoms with van der Waals surface area (Å²) in [6.45, 7) is 2.34. The molecule has 6 nitrogen and oxygen atoms in total. The molecular formula is C18H22N2O4S. The highest BCUT2D eigenvalue weighted by atomic mass is 32.2. The molecule has 2 amide bonds. The van der Waals surface area contributed by atoms with Crippen molar-refractivity contribution in [2.24, 2.45) is 5.92 Å². The number of rotatable bonds is 4. The van der Waals surface area contributed by atoms with Gasteiger partial charge in [0.1, 0.15) is 5.54 Å². The summed E-state index contributed by atoms with van der Waals surface area (Å²) >= 11 is 1.63. The minimum absolute atomic E-state index is 0.0912. The molecule has 2 atom stereocenters. The average molecular weight is 362 g/mol. The van der Waals surface area contributed by atoms with E-state index in [1.807, 2.05) is 30.5 Å². The largest absolute Gasteiger partial charge is 0.480 e. The highest BCUT2D eigenvalue weighted by Crippen LogP contribution is 2.34. The number of amides is 2. The number of carbonyl (C=O) groups excluding carboxylic acids is 2. The number of hydrogen-bond donors (Lipinski definition) is 1. The normalized spacial score (nSPS) is 26.3. The van der Waals surface area contributed by atoms with E-state index in [9.17, 15) is 19.5 Å². The number of carboxylic acid groups (broad SMARTS) is 1. The lowest BCUT2D eigenvalue weighted by molar-refractivity contribution is -0.156. The van der Waals surface area contributed by atoms with E-state index >= 15 is 0 Å². The van der Waals surface area contributed by atoms with E-state index in [0.717, 1.165) is 10.6 Å². The number of carbonyl (C=O) groups is 3. The maximum absolute atomic E-state index is 12.9. The molecule has 2 fully saturated rings. The first-order chi connectivity index (χ1) is 11.9. The molecule has 1 aromatic rings. The minimum atomic E-state index is -1.16. The maximum Gasteiger partial charge on any atom is 0.329 e. The van der Waals surface area contributed by atoms with E-state index in [1.54, 1.807) is 23.6 Å². The zero-order valence-corrected chi connectivity index (χ0v) is 15.2. The van der Waals surface area contributed by atoms with Crippen molar-refractivity contribution in [1.82, 2.24) is 4.90 Å². The van der Waals surface area contributed by atoms with Crippen molar-refractivity contribution in [3.05, 3.63) is 24.3 Å². The molecule has 0 spiro atoms. The van der Waals surface area contributed by atoms with E-state index in [4.69, 9.17) is 0 Å². The van der Waals surface area contributed by atoms with Crippen molar-refractivity contribution in [2.45, 2.75) is 36.6 Å². The smallest absolute Gasteiger partial charge is 0.329 e. The van der Waals surface area contributed by atoms with Crippen LogP contribution in [0.2, 0.25) is 0 Å². The summed E-state index contributed by atoms with van der Waals surface area (Å²) in [5.74, 6) is -1.78. The van der Waals surface area contributed by atoms with Gasteiger partial charge in [0, 0.05) is 30.1 Å². The lowest BCUT2D eigenvalue weighted by Gasteiger charge is -2.33. The van der Waals surface area contributed by atoms with Gasteiger partial charge < -0.3 is 14.9 Å². The van der Waals surface area contributed by atoms with Gasteiger partial charge in [0.2, 0.25) is 11.8 Å². The highest BCUT2D eigenvalue weighted by molar-refractivity contribution is 7.98. The third-order valence-corrected chi connectivity index (χ3v) is 5.97. The molecule has 2 heterocycles. The van der Waals surface area contributed by atoms with Gasteiger partial charge in [-0.3, -0.25) is 9.59 Å². The molecule has 3 rings (SSSR count). The summed E-state index contributed by atoms with van der Waals surface area (Å²) in [4.78, 5) is 41.0. The van der Waals surface area contributed by atoms with E-state index in [2.05, 4.69) is 0 Å². The summed E-state index contributed by atoms with van der Waals surface area (Å²) in [6, 6.07) is 7.66. The van der Waals surface area contributed by atoms with Crippen molar-refractivity contribution < 1.29 is 19.5 Å². The lowest BCUT2D eigenvalue weighted by Crippen LogP contribution is -2.52. The van der Waals surface area contributed by atoms with Gasteiger partial charge in [-0.25, -0.2) is 4.79 Å². The van der Waals surface area contributed by atoms with E-state index in [0.29, 0.717) is 25.9 Å². The molecule has 0 aliphatic carbocycles. The standard InChI is InChI=1S/C18H22N2O4S/c1-18(17(23)24)8-3-9-20(18)16(22)12-10-15(21)19(11-12)13-4-6-14(25-2)7-5-13/h4-7,12H,3,8-11H2,1-2H3,(H,23,24). The van der Waals surface area contributed by atoms with Crippen LogP contribution in [0.4, 0.5) is 5.69 Å². The Bertz CT molecular complexity index is 706. The van der Waals surface area contributed by atoms with Crippen LogP contribution in [0.5, 0.6) is 0 Å². The molecule has 0 aromatic heterocycles. The molecular weight excluding hydrogens is 340 g/mol. The number of anilines is 1. The number of likely N-dealkylation sites (tertiary alicyclic amines) is 1. The number of nitrogens with zero attached hydrogens (tertiary/aromatic N) is 2. The predicted molar refractivity (Wildman–Crippen MR) is 95.7 cm³/mol. The Hall–Kier alpha value is -2.02. The van der Waals surface area contributed by atoms with E-state index in [1.165, 1.54) is 4.90 Å². The fourth-order valence-corrected chi connectivity index (χ4v) is 4.05. The number of hydrogen-bond acceptors (Lipinski definition) is 4. The van der Waals surface area contributed by atoms with Crippen molar-refractivity contribution >= 4 is 35.2 Å². The van der Waals surface area contributed by atoms with Gasteiger partial charge in [0.15, 0.2) is 0 Å². The number of benzene rings is 1. The Morgan fingerprint density at radius 1 is 1.28 bits per heavy atom. The molecule has 0 bridgehead atoms.